The molecule has 0 aromatic carbocycles. The van der Waals surface area contributed by atoms with Gasteiger partial charge in [-0.25, -0.2) is 28.1 Å². The molecular formula is C20H24N4O4. The number of aryl methyl sites for hydroxylation is 1. The molecule has 1 fully saturated rings. The van der Waals surface area contributed by atoms with Gasteiger partial charge in [0.05, 0.1) is 19.6 Å². The lowest BCUT2D eigenvalue weighted by atomic mass is 10.1. The number of hydrogen-bond acceptors (Lipinski definition) is 4. The molecule has 8 nitrogen and oxygen atoms in total. The van der Waals surface area contributed by atoms with E-state index in [1.807, 2.05) is 13.8 Å². The van der Waals surface area contributed by atoms with Gasteiger partial charge in [0.2, 0.25) is 0 Å². The van der Waals surface area contributed by atoms with E-state index in [0.717, 1.165) is 37.9 Å². The molecule has 28 heavy (non-hydrogen) atoms. The first-order valence-electron chi connectivity index (χ1n) is 9.19. The molecule has 0 aliphatic heterocycles. The number of allylic oxidation sites excluding steroid dienone is 2. The number of carbonyl (C=O) groups excluding carboxylic acids is 1. The van der Waals surface area contributed by atoms with Crippen LogP contribution in [-0.2, 0) is 19.6 Å². The predicted octanol–water partition coefficient (Wildman–Crippen LogP) is 1.18. The highest BCUT2D eigenvalue weighted by atomic mass is 16.2. The number of carbonyl (C=O) groups is 1. The fourth-order valence-electron chi connectivity index (χ4n) is 3.57. The number of aromatic nitrogens is 4. The summed E-state index contributed by atoms with van der Waals surface area (Å²) in [4.78, 5) is 50.7. The van der Waals surface area contributed by atoms with Crippen molar-refractivity contribution in [3.8, 4) is 0 Å². The molecule has 1 saturated carbocycles. The van der Waals surface area contributed by atoms with Crippen LogP contribution in [-0.4, -0.2) is 24.1 Å². The number of ketones is 1. The van der Waals surface area contributed by atoms with Crippen molar-refractivity contribution in [2.45, 2.75) is 52.4 Å². The quantitative estimate of drug-likeness (QED) is 0.505. The summed E-state index contributed by atoms with van der Waals surface area (Å²) in [5.41, 5.74) is -0.0720. The average Bonchev–Trinajstić information content (AvgIpc) is 3.44. The maximum Gasteiger partial charge on any atom is 0.337 e. The number of rotatable bonds is 8. The summed E-state index contributed by atoms with van der Waals surface area (Å²) in [6.07, 6.45) is 4.95. The Labute approximate surface area is 161 Å². The van der Waals surface area contributed by atoms with Crippen LogP contribution in [0.1, 0.15) is 40.6 Å². The summed E-state index contributed by atoms with van der Waals surface area (Å²) in [6.45, 7) is 10.3. The normalized spacial score (nSPS) is 13.5. The molecule has 2 aromatic rings. The molecule has 3 rings (SSSR count). The molecule has 0 bridgehead atoms. The lowest BCUT2D eigenvalue weighted by Crippen LogP contribution is -2.55. The third kappa shape index (κ3) is 3.26. The van der Waals surface area contributed by atoms with E-state index in [9.17, 15) is 19.2 Å². The third-order valence-corrected chi connectivity index (χ3v) is 5.01. The molecule has 0 unspecified atom stereocenters. The lowest BCUT2D eigenvalue weighted by Gasteiger charge is -2.12. The van der Waals surface area contributed by atoms with Crippen LogP contribution >= 0.6 is 0 Å². The molecule has 0 radical (unpaired) electrons. The largest absolute Gasteiger partial charge is 0.345 e. The highest BCUT2D eigenvalue weighted by Crippen LogP contribution is 2.38. The van der Waals surface area contributed by atoms with Crippen molar-refractivity contribution < 1.29 is 4.79 Å². The summed E-state index contributed by atoms with van der Waals surface area (Å²) in [7, 11) is 0. The molecule has 0 atom stereocenters. The van der Waals surface area contributed by atoms with Crippen LogP contribution in [0.3, 0.4) is 0 Å². The first-order chi connectivity index (χ1) is 13.3. The van der Waals surface area contributed by atoms with E-state index in [1.54, 1.807) is 6.07 Å². The monoisotopic (exact) mass is 384 g/mol. The van der Waals surface area contributed by atoms with Crippen molar-refractivity contribution in [3.63, 3.8) is 0 Å². The second-order valence-corrected chi connectivity index (χ2v) is 7.04. The first-order valence-corrected chi connectivity index (χ1v) is 9.19. The second-order valence-electron chi connectivity index (χ2n) is 7.04. The van der Waals surface area contributed by atoms with Gasteiger partial charge in [0, 0.05) is 23.0 Å². The van der Waals surface area contributed by atoms with E-state index in [-0.39, 0.29) is 18.9 Å². The molecule has 0 saturated heterocycles. The van der Waals surface area contributed by atoms with Crippen molar-refractivity contribution in [2.24, 2.45) is 0 Å². The van der Waals surface area contributed by atoms with Crippen LogP contribution in [0.2, 0.25) is 0 Å². The highest BCUT2D eigenvalue weighted by Gasteiger charge is 2.28. The van der Waals surface area contributed by atoms with Crippen LogP contribution in [0.25, 0.3) is 0 Å². The van der Waals surface area contributed by atoms with Crippen LogP contribution in [0, 0.1) is 13.8 Å². The fraction of sp³-hybridized carbons (Fsp3) is 0.400. The molecule has 1 aliphatic rings. The minimum Gasteiger partial charge on any atom is -0.345 e. The Morgan fingerprint density at radius 2 is 1.50 bits per heavy atom. The van der Waals surface area contributed by atoms with Gasteiger partial charge < -0.3 is 4.57 Å². The zero-order valence-electron chi connectivity index (χ0n) is 16.2. The molecule has 8 heteroatoms. The molecule has 148 valence electrons. The standard InChI is InChI=1S/C20H24N4O4/c1-5-9-21-18(26)22(10-6-2)20(28)23(19(21)27)12-17(25)16-11-13(3)24(14(16)4)15-7-8-15/h5-6,11,15H,1-2,7-10,12H2,3-4H3. The van der Waals surface area contributed by atoms with Gasteiger partial charge >= 0.3 is 17.1 Å². The number of hydrogen-bond donors (Lipinski definition) is 0. The minimum absolute atomic E-state index is 0.0561. The van der Waals surface area contributed by atoms with E-state index < -0.39 is 23.6 Å². The highest BCUT2D eigenvalue weighted by molar-refractivity contribution is 5.97. The zero-order chi connectivity index (χ0) is 20.6. The van der Waals surface area contributed by atoms with Crippen LogP contribution in [0.15, 0.2) is 45.8 Å². The Kier molecular flexibility index (Phi) is 5.22. The number of nitrogens with zero attached hydrogens (tertiary/aromatic N) is 4. The van der Waals surface area contributed by atoms with Gasteiger partial charge in [0.15, 0.2) is 5.78 Å². The maximum atomic E-state index is 12.9. The molecular weight excluding hydrogens is 360 g/mol. The second kappa shape index (κ2) is 7.46. The maximum absolute atomic E-state index is 12.9. The summed E-state index contributed by atoms with van der Waals surface area (Å²) >= 11 is 0. The van der Waals surface area contributed by atoms with E-state index in [0.29, 0.717) is 11.6 Å². The Balaban J connectivity index is 2.08. The lowest BCUT2D eigenvalue weighted by molar-refractivity contribution is 0.0966. The molecule has 0 amide bonds. The molecule has 0 N–H and O–H groups in total. The van der Waals surface area contributed by atoms with E-state index in [2.05, 4.69) is 17.7 Å². The number of Topliss-reactive ketones (excluding diaryl/α,β-unsaturated/α-hetero) is 1. The fourth-order valence-corrected chi connectivity index (χ4v) is 3.57. The van der Waals surface area contributed by atoms with Crippen molar-refractivity contribution in [3.05, 3.63) is 79.8 Å². The summed E-state index contributed by atoms with van der Waals surface area (Å²) in [5, 5.41) is 0. The Morgan fingerprint density at radius 3 is 1.96 bits per heavy atom. The van der Waals surface area contributed by atoms with Gasteiger partial charge in [-0.05, 0) is 32.8 Å². The van der Waals surface area contributed by atoms with Gasteiger partial charge in [-0.15, -0.1) is 13.2 Å². The summed E-state index contributed by atoms with van der Waals surface area (Å²) < 4.78 is 4.71. The third-order valence-electron chi connectivity index (χ3n) is 5.01. The van der Waals surface area contributed by atoms with Gasteiger partial charge in [0.1, 0.15) is 0 Å². The van der Waals surface area contributed by atoms with Crippen LogP contribution < -0.4 is 17.1 Å². The smallest absolute Gasteiger partial charge is 0.337 e. The topological polar surface area (TPSA) is 88.0 Å². The van der Waals surface area contributed by atoms with Crippen molar-refractivity contribution in [1.29, 1.82) is 0 Å². The first kappa shape index (κ1) is 19.6. The van der Waals surface area contributed by atoms with Gasteiger partial charge in [-0.2, -0.15) is 0 Å². The van der Waals surface area contributed by atoms with Crippen LogP contribution in [0.4, 0.5) is 0 Å². The predicted molar refractivity (Wildman–Crippen MR) is 106 cm³/mol. The van der Waals surface area contributed by atoms with E-state index in [4.69, 9.17) is 0 Å². The van der Waals surface area contributed by atoms with Gasteiger partial charge in [-0.1, -0.05) is 12.2 Å². The molecule has 2 heterocycles. The average molecular weight is 384 g/mol. The summed E-state index contributed by atoms with van der Waals surface area (Å²) in [5.74, 6) is -0.340. The van der Waals surface area contributed by atoms with Gasteiger partial charge in [0.25, 0.3) is 0 Å². The van der Waals surface area contributed by atoms with Crippen molar-refractivity contribution in [2.75, 3.05) is 0 Å². The molecule has 2 aromatic heterocycles. The van der Waals surface area contributed by atoms with E-state index in [1.165, 1.54) is 12.2 Å². The SMILES string of the molecule is C=CCn1c(=O)n(CC=C)c(=O)n(CC(=O)c2cc(C)n(C3CC3)c2C)c1=O. The summed E-state index contributed by atoms with van der Waals surface area (Å²) in [6, 6.07) is 2.21. The van der Waals surface area contributed by atoms with E-state index >= 15 is 0 Å². The zero-order valence-corrected chi connectivity index (χ0v) is 16.2. The van der Waals surface area contributed by atoms with Gasteiger partial charge in [-0.3, -0.25) is 4.79 Å². The Morgan fingerprint density at radius 1 is 1.00 bits per heavy atom. The van der Waals surface area contributed by atoms with Crippen LogP contribution in [0.5, 0.6) is 0 Å². The molecule has 0 spiro atoms. The Hall–Kier alpha value is -3.16. The van der Waals surface area contributed by atoms with Crippen molar-refractivity contribution in [1.82, 2.24) is 18.3 Å². The molecule has 1 aliphatic carbocycles. The minimum atomic E-state index is -0.820. The Bertz CT molecular complexity index is 1090. The van der Waals surface area contributed by atoms with Crippen molar-refractivity contribution >= 4 is 5.78 Å².